The van der Waals surface area contributed by atoms with E-state index in [1.807, 2.05) is 29.3 Å². The van der Waals surface area contributed by atoms with Gasteiger partial charge in [-0.15, -0.1) is 11.3 Å². The molecule has 1 aromatic heterocycles. The van der Waals surface area contributed by atoms with Crippen molar-refractivity contribution in [3.63, 3.8) is 0 Å². The Morgan fingerprint density at radius 3 is 2.25 bits per heavy atom. The molecule has 0 aliphatic carbocycles. The van der Waals surface area contributed by atoms with Crippen LogP contribution in [0.5, 0.6) is 11.5 Å². The SMILES string of the molecule is CCN(CCNCCc1ccc(O)c2c1OCC(=O)N2)C(=O)CCOCCc1cccc(CN2CCC3(CC2)CN(C(=O)c2csc(CC(C)C)n2)CCO3)c1F.O=C(O)C(F)(F)F.O=C(O)C(F)(F)F. The highest BCUT2D eigenvalue weighted by Gasteiger charge is 2.42. The average molecular weight is 1040 g/mol. The molecule has 0 radical (unpaired) electrons. The first-order valence-electron chi connectivity index (χ1n) is 22.7. The summed E-state index contributed by atoms with van der Waals surface area (Å²) in [5.74, 6) is -5.10. The summed E-state index contributed by atoms with van der Waals surface area (Å²) in [6.45, 7) is 12.7. The lowest BCUT2D eigenvalue weighted by molar-refractivity contribution is -0.193. The van der Waals surface area contributed by atoms with Crippen LogP contribution in [0.25, 0.3) is 0 Å². The molecule has 2 aromatic carbocycles. The van der Waals surface area contributed by atoms with Crippen LogP contribution in [0.1, 0.15) is 72.2 Å². The van der Waals surface area contributed by atoms with Gasteiger partial charge in [0, 0.05) is 63.2 Å². The number of thiazole rings is 1. The minimum atomic E-state index is -5.08. The second kappa shape index (κ2) is 26.7. The molecule has 25 heteroatoms. The van der Waals surface area contributed by atoms with E-state index < -0.39 is 24.3 Å². The van der Waals surface area contributed by atoms with Gasteiger partial charge in [0.25, 0.3) is 11.8 Å². The summed E-state index contributed by atoms with van der Waals surface area (Å²) >= 11 is 1.55. The number of ether oxygens (including phenoxy) is 3. The van der Waals surface area contributed by atoms with Crippen molar-refractivity contribution in [2.45, 2.75) is 83.8 Å². The van der Waals surface area contributed by atoms with Gasteiger partial charge in [0.05, 0.1) is 43.4 Å². The number of morpholine rings is 1. The maximum absolute atomic E-state index is 15.7. The number of phenolic OH excluding ortho intramolecular Hbond substituents is 1. The largest absolute Gasteiger partial charge is 0.506 e. The molecule has 394 valence electrons. The number of piperidine rings is 1. The summed E-state index contributed by atoms with van der Waals surface area (Å²) in [7, 11) is 0. The number of carboxylic acids is 2. The number of benzene rings is 2. The number of fused-ring (bicyclic) bond motifs is 1. The summed E-state index contributed by atoms with van der Waals surface area (Å²) in [6, 6.07) is 8.85. The maximum atomic E-state index is 15.7. The molecule has 5 N–H and O–H groups in total. The quantitative estimate of drug-likeness (QED) is 0.0568. The van der Waals surface area contributed by atoms with E-state index in [0.717, 1.165) is 42.9 Å². The normalized spacial score (nSPS) is 15.6. The number of rotatable bonds is 18. The third-order valence-corrected chi connectivity index (χ3v) is 12.2. The van der Waals surface area contributed by atoms with Crippen LogP contribution < -0.4 is 15.4 Å². The first-order chi connectivity index (χ1) is 33.4. The van der Waals surface area contributed by atoms with Crippen molar-refractivity contribution in [1.29, 1.82) is 0 Å². The summed E-state index contributed by atoms with van der Waals surface area (Å²) in [5, 5.41) is 33.2. The Morgan fingerprint density at radius 2 is 1.62 bits per heavy atom. The van der Waals surface area contributed by atoms with Gasteiger partial charge < -0.3 is 50.0 Å². The van der Waals surface area contributed by atoms with Crippen molar-refractivity contribution < 1.29 is 84.2 Å². The second-order valence-electron chi connectivity index (χ2n) is 17.1. The van der Waals surface area contributed by atoms with Crippen LogP contribution in [0.2, 0.25) is 0 Å². The van der Waals surface area contributed by atoms with Crippen molar-refractivity contribution >= 4 is 46.7 Å². The van der Waals surface area contributed by atoms with Crippen LogP contribution in [0, 0.1) is 11.7 Å². The lowest BCUT2D eigenvalue weighted by atomic mass is 9.89. The van der Waals surface area contributed by atoms with E-state index in [-0.39, 0.29) is 54.5 Å². The van der Waals surface area contributed by atoms with Gasteiger partial charge in [0.2, 0.25) is 5.91 Å². The smallest absolute Gasteiger partial charge is 0.490 e. The number of aromatic hydroxyl groups is 1. The van der Waals surface area contributed by atoms with Crippen molar-refractivity contribution in [2.24, 2.45) is 5.92 Å². The minimum Gasteiger partial charge on any atom is -0.506 e. The first kappa shape index (κ1) is 57.9. The number of amides is 3. The molecule has 2 fully saturated rings. The summed E-state index contributed by atoms with van der Waals surface area (Å²) < 4.78 is 96.8. The summed E-state index contributed by atoms with van der Waals surface area (Å²) in [5.41, 5.74) is 2.56. The number of halogens is 7. The van der Waals surface area contributed by atoms with Crippen LogP contribution in [0.4, 0.5) is 36.4 Å². The fraction of sp³-hybridized carbons (Fsp3) is 0.565. The Balaban J connectivity index is 0.000000683. The Hall–Kier alpha value is -5.63. The lowest BCUT2D eigenvalue weighted by Crippen LogP contribution is -2.58. The molecular formula is C46H59F7N6O11S. The van der Waals surface area contributed by atoms with Crippen molar-refractivity contribution in [3.8, 4) is 11.5 Å². The highest BCUT2D eigenvalue weighted by Crippen LogP contribution is 2.39. The molecule has 6 rings (SSSR count). The Labute approximate surface area is 409 Å². The van der Waals surface area contributed by atoms with Gasteiger partial charge >= 0.3 is 24.3 Å². The monoisotopic (exact) mass is 1040 g/mol. The molecule has 1 spiro atoms. The summed E-state index contributed by atoms with van der Waals surface area (Å²) in [4.78, 5) is 66.2. The highest BCUT2D eigenvalue weighted by atomic mass is 32.1. The molecule has 0 unspecified atom stereocenters. The fourth-order valence-corrected chi connectivity index (χ4v) is 8.66. The first-order valence-corrected chi connectivity index (χ1v) is 23.6. The number of anilines is 1. The topological polar surface area (TPSA) is 220 Å². The molecule has 3 aliphatic rings. The van der Waals surface area contributed by atoms with Crippen LogP contribution in [0.15, 0.2) is 35.7 Å². The fourth-order valence-electron chi connectivity index (χ4n) is 7.68. The molecule has 0 atom stereocenters. The number of carbonyl (C=O) groups is 5. The summed E-state index contributed by atoms with van der Waals surface area (Å²) in [6.07, 6.45) is -6.47. The lowest BCUT2D eigenvalue weighted by Gasteiger charge is -2.47. The number of aliphatic carboxylic acids is 2. The zero-order chi connectivity index (χ0) is 52.5. The number of carbonyl (C=O) groups excluding carboxylic acids is 3. The highest BCUT2D eigenvalue weighted by molar-refractivity contribution is 7.09. The second-order valence-corrected chi connectivity index (χ2v) is 18.1. The van der Waals surface area contributed by atoms with E-state index in [0.29, 0.717) is 106 Å². The third-order valence-electron chi connectivity index (χ3n) is 11.4. The number of carboxylic acid groups (broad SMARTS) is 2. The number of likely N-dealkylation sites (tertiary alicyclic amines) is 1. The molecule has 3 aliphatic heterocycles. The van der Waals surface area contributed by atoms with Crippen molar-refractivity contribution in [3.05, 3.63) is 68.9 Å². The molecule has 71 heavy (non-hydrogen) atoms. The number of alkyl halides is 6. The number of hydrogen-bond acceptors (Lipinski definition) is 13. The predicted octanol–water partition coefficient (Wildman–Crippen LogP) is 5.92. The van der Waals surface area contributed by atoms with E-state index in [1.54, 1.807) is 34.4 Å². The molecule has 0 bridgehead atoms. The third kappa shape index (κ3) is 18.2. The zero-order valence-corrected chi connectivity index (χ0v) is 40.2. The Kier molecular flexibility index (Phi) is 21.8. The molecule has 3 aromatic rings. The van der Waals surface area contributed by atoms with Crippen LogP contribution >= 0.6 is 11.3 Å². The Bertz CT molecular complexity index is 2250. The van der Waals surface area contributed by atoms with Crippen LogP contribution in [-0.2, 0) is 54.5 Å². The van der Waals surface area contributed by atoms with E-state index >= 15 is 4.39 Å². The van der Waals surface area contributed by atoms with Gasteiger partial charge in [0.15, 0.2) is 12.4 Å². The van der Waals surface area contributed by atoms with E-state index in [4.69, 9.17) is 34.0 Å². The predicted molar refractivity (Wildman–Crippen MR) is 244 cm³/mol. The van der Waals surface area contributed by atoms with E-state index in [9.17, 15) is 45.8 Å². The molecule has 0 saturated carbocycles. The average Bonchev–Trinajstić information content (AvgIpc) is 3.77. The minimum absolute atomic E-state index is 0.000583. The molecule has 3 amide bonds. The molecular weight excluding hydrogens is 978 g/mol. The van der Waals surface area contributed by atoms with Gasteiger partial charge in [-0.2, -0.15) is 26.3 Å². The zero-order valence-electron chi connectivity index (χ0n) is 39.4. The Morgan fingerprint density at radius 1 is 0.958 bits per heavy atom. The van der Waals surface area contributed by atoms with Crippen LogP contribution in [-0.4, -0.2) is 161 Å². The molecule has 4 heterocycles. The van der Waals surface area contributed by atoms with Gasteiger partial charge in [-0.25, -0.2) is 19.0 Å². The van der Waals surface area contributed by atoms with Crippen molar-refractivity contribution in [1.82, 2.24) is 25.0 Å². The van der Waals surface area contributed by atoms with E-state index in [1.165, 1.54) is 0 Å². The number of nitrogens with zero attached hydrogens (tertiary/aromatic N) is 4. The van der Waals surface area contributed by atoms with Crippen molar-refractivity contribution in [2.75, 3.05) is 84.1 Å². The van der Waals surface area contributed by atoms with Gasteiger partial charge in [-0.3, -0.25) is 19.3 Å². The van der Waals surface area contributed by atoms with Gasteiger partial charge in [-0.1, -0.05) is 38.1 Å². The number of hydrogen-bond donors (Lipinski definition) is 5. The molecule has 17 nitrogen and oxygen atoms in total. The van der Waals surface area contributed by atoms with E-state index in [2.05, 4.69) is 34.4 Å². The number of aromatic nitrogens is 1. The van der Waals surface area contributed by atoms with Crippen LogP contribution in [0.3, 0.4) is 0 Å². The standard InChI is InChI=1S/C42H57FN6O7S.2C2HF3O2/c1-4-48(19-16-44-15-10-31-8-9-34(50)39-40(31)55-26-35(51)46-39)37(52)12-22-54-21-11-30-6-5-7-32(38(30)43)25-47-17-13-42(14-18-47)28-49(20-23-56-42)41(53)33-27-57-36(45-33)24-29(2)3;2*3-2(4,5)1(6)7/h5-9,27,29,44,50H,4,10-26,28H2,1-3H3,(H,46,51);2*(H,6,7). The number of nitrogens with one attached hydrogen (secondary N) is 2. The van der Waals surface area contributed by atoms with Gasteiger partial charge in [-0.05, 0) is 62.3 Å². The molecule has 2 saturated heterocycles. The van der Waals surface area contributed by atoms with Gasteiger partial charge in [0.1, 0.15) is 22.9 Å². The maximum Gasteiger partial charge on any atom is 0.490 e. The number of likely N-dealkylation sites (N-methyl/N-ethyl adjacent to an activating group) is 1. The number of phenols is 1.